The summed E-state index contributed by atoms with van der Waals surface area (Å²) >= 11 is 0. The van der Waals surface area contributed by atoms with Crippen LogP contribution in [0.2, 0.25) is 0 Å². The summed E-state index contributed by atoms with van der Waals surface area (Å²) < 4.78 is 15.7. The molecule has 1 unspecified atom stereocenters. The topological polar surface area (TPSA) is 111 Å². The van der Waals surface area contributed by atoms with Crippen molar-refractivity contribution >= 4 is 22.7 Å². The number of hydrogen-bond donors (Lipinski definition) is 2. The van der Waals surface area contributed by atoms with Gasteiger partial charge < -0.3 is 29.6 Å². The molecule has 0 amide bonds. The number of aromatic nitrogens is 5. The van der Waals surface area contributed by atoms with Crippen molar-refractivity contribution in [1.29, 1.82) is 0 Å². The standard InChI is InChI=1S/C34H42N8O3/c1-23(2)40-14-8-27(9-15-40)41-16-13-36-32(41)30-19-25-20-37-34(38-26-3-5-28(6-4-26)45-29-7-12-35-21-29)39-31(25)42(33(30)43)22-24-10-17-44-18-11-24/h3-6,13,16,19-20,24,27,29,35H,1,7-12,14-15,17-18,21-22H2,2H3,(H,37,38,39). The van der Waals surface area contributed by atoms with Gasteiger partial charge in [0.05, 0.1) is 5.56 Å². The van der Waals surface area contributed by atoms with Crippen LogP contribution in [0.4, 0.5) is 11.6 Å². The van der Waals surface area contributed by atoms with Gasteiger partial charge in [0.2, 0.25) is 5.95 Å². The van der Waals surface area contributed by atoms with Gasteiger partial charge in [0.15, 0.2) is 0 Å². The van der Waals surface area contributed by atoms with Gasteiger partial charge in [-0.25, -0.2) is 9.97 Å². The summed E-state index contributed by atoms with van der Waals surface area (Å²) in [6.45, 7) is 11.9. The molecule has 3 fully saturated rings. The van der Waals surface area contributed by atoms with E-state index in [0.29, 0.717) is 48.7 Å². The summed E-state index contributed by atoms with van der Waals surface area (Å²) in [4.78, 5) is 30.9. The van der Waals surface area contributed by atoms with Crippen molar-refractivity contribution in [3.8, 4) is 17.1 Å². The van der Waals surface area contributed by atoms with Crippen LogP contribution < -0.4 is 20.9 Å². The Balaban J connectivity index is 1.20. The number of pyridine rings is 1. The third kappa shape index (κ3) is 6.46. The van der Waals surface area contributed by atoms with Crippen LogP contribution in [0.5, 0.6) is 5.75 Å². The molecule has 236 valence electrons. The molecule has 3 aromatic heterocycles. The lowest BCUT2D eigenvalue weighted by molar-refractivity contribution is 0.0613. The molecular formula is C34H42N8O3. The minimum Gasteiger partial charge on any atom is -0.489 e. The second-order valence-corrected chi connectivity index (χ2v) is 12.5. The van der Waals surface area contributed by atoms with Crippen molar-refractivity contribution in [3.63, 3.8) is 0 Å². The maximum absolute atomic E-state index is 14.3. The summed E-state index contributed by atoms with van der Waals surface area (Å²) in [6, 6.07) is 10.0. The number of benzene rings is 1. The summed E-state index contributed by atoms with van der Waals surface area (Å²) in [6.07, 6.45) is 10.6. The number of piperidine rings is 1. The molecule has 45 heavy (non-hydrogen) atoms. The highest BCUT2D eigenvalue weighted by molar-refractivity contribution is 5.80. The van der Waals surface area contributed by atoms with Gasteiger partial charge in [0, 0.05) is 80.8 Å². The van der Waals surface area contributed by atoms with Crippen LogP contribution >= 0.6 is 0 Å². The fourth-order valence-electron chi connectivity index (χ4n) is 6.75. The second-order valence-electron chi connectivity index (χ2n) is 12.5. The van der Waals surface area contributed by atoms with E-state index in [-0.39, 0.29) is 17.7 Å². The van der Waals surface area contributed by atoms with Gasteiger partial charge in [-0.05, 0) is 81.8 Å². The SMILES string of the molecule is C=C(C)N1CCC(n2ccnc2-c2cc3cnc(Nc4ccc(OC5CCNC5)cc4)nc3n(CC3CCOCC3)c2=O)CC1. The quantitative estimate of drug-likeness (QED) is 0.278. The molecule has 0 radical (unpaired) electrons. The van der Waals surface area contributed by atoms with Crippen LogP contribution in [-0.4, -0.2) is 74.5 Å². The van der Waals surface area contributed by atoms with Crippen molar-refractivity contribution in [3.05, 3.63) is 71.6 Å². The van der Waals surface area contributed by atoms with Crippen LogP contribution in [0.25, 0.3) is 22.4 Å². The van der Waals surface area contributed by atoms with E-state index in [0.717, 1.165) is 80.8 Å². The Morgan fingerprint density at radius 3 is 2.64 bits per heavy atom. The maximum Gasteiger partial charge on any atom is 0.263 e. The Labute approximate surface area is 263 Å². The Kier molecular flexibility index (Phi) is 8.53. The monoisotopic (exact) mass is 610 g/mol. The molecule has 0 spiro atoms. The minimum absolute atomic E-state index is 0.0756. The number of rotatable bonds is 9. The Morgan fingerprint density at radius 1 is 1.11 bits per heavy atom. The first kappa shape index (κ1) is 29.5. The van der Waals surface area contributed by atoms with E-state index in [2.05, 4.69) is 38.6 Å². The molecule has 3 saturated heterocycles. The van der Waals surface area contributed by atoms with E-state index in [1.165, 1.54) is 0 Å². The third-order valence-electron chi connectivity index (χ3n) is 9.34. The van der Waals surface area contributed by atoms with E-state index in [9.17, 15) is 4.79 Å². The highest BCUT2D eigenvalue weighted by Crippen LogP contribution is 2.30. The molecular weight excluding hydrogens is 568 g/mol. The predicted molar refractivity (Wildman–Crippen MR) is 175 cm³/mol. The highest BCUT2D eigenvalue weighted by atomic mass is 16.5. The summed E-state index contributed by atoms with van der Waals surface area (Å²) in [7, 11) is 0. The van der Waals surface area contributed by atoms with E-state index < -0.39 is 0 Å². The lowest BCUT2D eigenvalue weighted by Crippen LogP contribution is -2.33. The summed E-state index contributed by atoms with van der Waals surface area (Å²) in [5, 5.41) is 7.45. The normalized spacial score (nSPS) is 19.7. The first-order valence-electron chi connectivity index (χ1n) is 16.2. The number of ether oxygens (including phenoxy) is 2. The van der Waals surface area contributed by atoms with Crippen molar-refractivity contribution in [2.24, 2.45) is 5.92 Å². The van der Waals surface area contributed by atoms with Gasteiger partial charge in [-0.15, -0.1) is 0 Å². The number of nitrogens with zero attached hydrogens (tertiary/aromatic N) is 6. The van der Waals surface area contributed by atoms with Crippen LogP contribution in [0.1, 0.15) is 45.1 Å². The first-order chi connectivity index (χ1) is 22.0. The predicted octanol–water partition coefficient (Wildman–Crippen LogP) is 4.74. The molecule has 11 nitrogen and oxygen atoms in total. The number of fused-ring (bicyclic) bond motifs is 1. The number of nitrogens with one attached hydrogen (secondary N) is 2. The first-order valence-corrected chi connectivity index (χ1v) is 16.2. The van der Waals surface area contributed by atoms with Gasteiger partial charge >= 0.3 is 0 Å². The minimum atomic E-state index is -0.0756. The fraction of sp³-hybridized carbons (Fsp3) is 0.471. The molecule has 3 aliphatic heterocycles. The van der Waals surface area contributed by atoms with Crippen LogP contribution in [0, 0.1) is 5.92 Å². The van der Waals surface area contributed by atoms with E-state index in [1.807, 2.05) is 41.1 Å². The largest absolute Gasteiger partial charge is 0.489 e. The third-order valence-corrected chi connectivity index (χ3v) is 9.34. The molecule has 2 N–H and O–H groups in total. The summed E-state index contributed by atoms with van der Waals surface area (Å²) in [5.74, 6) is 2.31. The summed E-state index contributed by atoms with van der Waals surface area (Å²) in [5.41, 5.74) is 3.07. The molecule has 0 aliphatic carbocycles. The maximum atomic E-state index is 14.3. The van der Waals surface area contributed by atoms with Crippen molar-refractivity contribution in [2.75, 3.05) is 44.7 Å². The molecule has 3 aliphatic rings. The molecule has 4 aromatic rings. The van der Waals surface area contributed by atoms with Crippen LogP contribution in [0.15, 0.2) is 66.0 Å². The average Bonchev–Trinajstić information content (AvgIpc) is 3.77. The molecule has 7 rings (SSSR count). The van der Waals surface area contributed by atoms with Crippen molar-refractivity contribution in [1.82, 2.24) is 34.3 Å². The fourth-order valence-corrected chi connectivity index (χ4v) is 6.75. The number of likely N-dealkylation sites (tertiary alicyclic amines) is 1. The Hall–Kier alpha value is -4.22. The zero-order valence-corrected chi connectivity index (χ0v) is 26.0. The number of allylic oxidation sites excluding steroid dienone is 1. The van der Waals surface area contributed by atoms with E-state index in [4.69, 9.17) is 19.4 Å². The van der Waals surface area contributed by atoms with Gasteiger partial charge in [0.25, 0.3) is 5.56 Å². The average molecular weight is 611 g/mol. The Morgan fingerprint density at radius 2 is 1.91 bits per heavy atom. The zero-order chi connectivity index (χ0) is 30.8. The van der Waals surface area contributed by atoms with Gasteiger partial charge in [0.1, 0.15) is 23.3 Å². The van der Waals surface area contributed by atoms with E-state index >= 15 is 0 Å². The second kappa shape index (κ2) is 13.0. The lowest BCUT2D eigenvalue weighted by Gasteiger charge is -2.34. The number of imidazole rings is 1. The molecule has 1 aromatic carbocycles. The van der Waals surface area contributed by atoms with Crippen LogP contribution in [0.3, 0.4) is 0 Å². The van der Waals surface area contributed by atoms with Crippen molar-refractivity contribution < 1.29 is 9.47 Å². The molecule has 0 saturated carbocycles. The lowest BCUT2D eigenvalue weighted by atomic mass is 10.00. The number of anilines is 2. The molecule has 1 atom stereocenters. The highest BCUT2D eigenvalue weighted by Gasteiger charge is 2.25. The van der Waals surface area contributed by atoms with Gasteiger partial charge in [-0.3, -0.25) is 9.36 Å². The Bertz CT molecular complexity index is 1690. The van der Waals surface area contributed by atoms with Gasteiger partial charge in [-0.2, -0.15) is 4.98 Å². The number of hydrogen-bond acceptors (Lipinski definition) is 9. The van der Waals surface area contributed by atoms with Crippen molar-refractivity contribution in [2.45, 2.75) is 57.7 Å². The molecule has 6 heterocycles. The van der Waals surface area contributed by atoms with Crippen LogP contribution in [-0.2, 0) is 11.3 Å². The molecule has 0 bridgehead atoms. The smallest absolute Gasteiger partial charge is 0.263 e. The van der Waals surface area contributed by atoms with E-state index in [1.54, 1.807) is 12.4 Å². The zero-order valence-electron chi connectivity index (χ0n) is 26.0. The molecule has 11 heteroatoms. The van der Waals surface area contributed by atoms with Gasteiger partial charge in [-0.1, -0.05) is 6.58 Å².